The van der Waals surface area contributed by atoms with Crippen molar-refractivity contribution in [1.29, 1.82) is 0 Å². The Kier molecular flexibility index (Phi) is 4.18. The summed E-state index contributed by atoms with van der Waals surface area (Å²) >= 11 is 3.40. The van der Waals surface area contributed by atoms with E-state index in [0.29, 0.717) is 0 Å². The van der Waals surface area contributed by atoms with E-state index in [-0.39, 0.29) is 11.9 Å². The van der Waals surface area contributed by atoms with Crippen molar-refractivity contribution in [3.8, 4) is 0 Å². The first-order valence-corrected chi connectivity index (χ1v) is 6.74. The summed E-state index contributed by atoms with van der Waals surface area (Å²) in [6, 6.07) is 6.00. The summed E-state index contributed by atoms with van der Waals surface area (Å²) < 4.78 is 1.01. The average Bonchev–Trinajstić information content (AvgIpc) is 2.30. The molecule has 1 aliphatic heterocycles. The lowest BCUT2D eigenvalue weighted by atomic mass is 10.1. The molecular formula is C13H17BrN2O. The van der Waals surface area contributed by atoms with Crippen molar-refractivity contribution in [2.24, 2.45) is 0 Å². The SMILES string of the molecule is Cc1cc(Br)ccc1C(=O)N[C@@H]1CCCNC1. The van der Waals surface area contributed by atoms with E-state index < -0.39 is 0 Å². The van der Waals surface area contributed by atoms with Crippen LogP contribution in [0, 0.1) is 6.92 Å². The number of hydrogen-bond acceptors (Lipinski definition) is 2. The summed E-state index contributed by atoms with van der Waals surface area (Å²) in [5.41, 5.74) is 1.76. The Morgan fingerprint density at radius 2 is 2.35 bits per heavy atom. The molecule has 0 aromatic heterocycles. The molecule has 3 nitrogen and oxygen atoms in total. The summed E-state index contributed by atoms with van der Waals surface area (Å²) in [6.45, 7) is 3.89. The van der Waals surface area contributed by atoms with Crippen LogP contribution >= 0.6 is 15.9 Å². The Balaban J connectivity index is 2.03. The van der Waals surface area contributed by atoms with Gasteiger partial charge in [-0.25, -0.2) is 0 Å². The molecule has 0 saturated carbocycles. The molecule has 1 saturated heterocycles. The van der Waals surface area contributed by atoms with Gasteiger partial charge in [0.1, 0.15) is 0 Å². The van der Waals surface area contributed by atoms with Gasteiger partial charge in [-0.1, -0.05) is 15.9 Å². The molecule has 1 aromatic carbocycles. The highest BCUT2D eigenvalue weighted by atomic mass is 79.9. The Morgan fingerprint density at radius 1 is 1.53 bits per heavy atom. The van der Waals surface area contributed by atoms with Crippen LogP contribution in [-0.2, 0) is 0 Å². The molecule has 2 N–H and O–H groups in total. The van der Waals surface area contributed by atoms with E-state index in [1.165, 1.54) is 0 Å². The standard InChI is InChI=1S/C13H17BrN2O/c1-9-7-10(14)4-5-12(9)13(17)16-11-3-2-6-15-8-11/h4-5,7,11,15H,2-3,6,8H2,1H3,(H,16,17)/t11-/m1/s1. The van der Waals surface area contributed by atoms with E-state index in [1.54, 1.807) is 0 Å². The van der Waals surface area contributed by atoms with Crippen LogP contribution in [0.5, 0.6) is 0 Å². The minimum atomic E-state index is 0.0312. The molecule has 0 radical (unpaired) electrons. The zero-order chi connectivity index (χ0) is 12.3. The maximum Gasteiger partial charge on any atom is 0.251 e. The summed E-state index contributed by atoms with van der Waals surface area (Å²) in [5.74, 6) is 0.0312. The molecule has 0 unspecified atom stereocenters. The minimum Gasteiger partial charge on any atom is -0.348 e. The van der Waals surface area contributed by atoms with Gasteiger partial charge in [0.05, 0.1) is 0 Å². The van der Waals surface area contributed by atoms with Gasteiger partial charge in [-0.3, -0.25) is 4.79 Å². The number of carbonyl (C=O) groups excluding carboxylic acids is 1. The van der Waals surface area contributed by atoms with Gasteiger partial charge in [-0.15, -0.1) is 0 Å². The fourth-order valence-corrected chi connectivity index (χ4v) is 2.60. The second-order valence-corrected chi connectivity index (χ2v) is 5.39. The van der Waals surface area contributed by atoms with Crippen molar-refractivity contribution in [2.75, 3.05) is 13.1 Å². The Morgan fingerprint density at radius 3 is 3.00 bits per heavy atom. The van der Waals surface area contributed by atoms with Crippen LogP contribution in [0.15, 0.2) is 22.7 Å². The lowest BCUT2D eigenvalue weighted by Crippen LogP contribution is -2.45. The van der Waals surface area contributed by atoms with Gasteiger partial charge >= 0.3 is 0 Å². The highest BCUT2D eigenvalue weighted by Gasteiger charge is 2.17. The molecule has 0 aliphatic carbocycles. The first kappa shape index (κ1) is 12.6. The summed E-state index contributed by atoms with van der Waals surface area (Å²) in [4.78, 5) is 12.1. The zero-order valence-corrected chi connectivity index (χ0v) is 11.5. The number of carbonyl (C=O) groups is 1. The fourth-order valence-electron chi connectivity index (χ4n) is 2.12. The summed E-state index contributed by atoms with van der Waals surface area (Å²) in [5, 5.41) is 6.37. The molecule has 4 heteroatoms. The number of benzene rings is 1. The molecule has 17 heavy (non-hydrogen) atoms. The van der Waals surface area contributed by atoms with E-state index in [4.69, 9.17) is 0 Å². The number of halogens is 1. The first-order valence-electron chi connectivity index (χ1n) is 5.94. The lowest BCUT2D eigenvalue weighted by Gasteiger charge is -2.24. The van der Waals surface area contributed by atoms with Crippen molar-refractivity contribution in [1.82, 2.24) is 10.6 Å². The van der Waals surface area contributed by atoms with Crippen molar-refractivity contribution >= 4 is 21.8 Å². The predicted molar refractivity (Wildman–Crippen MR) is 72.2 cm³/mol. The molecular weight excluding hydrogens is 280 g/mol. The maximum atomic E-state index is 12.1. The number of rotatable bonds is 2. The quantitative estimate of drug-likeness (QED) is 0.879. The lowest BCUT2D eigenvalue weighted by molar-refractivity contribution is 0.0930. The second kappa shape index (κ2) is 5.65. The number of aryl methyl sites for hydroxylation is 1. The molecule has 92 valence electrons. The van der Waals surface area contributed by atoms with Gasteiger partial charge in [0.2, 0.25) is 0 Å². The van der Waals surface area contributed by atoms with Crippen LogP contribution in [0.1, 0.15) is 28.8 Å². The Hall–Kier alpha value is -0.870. The largest absolute Gasteiger partial charge is 0.348 e. The molecule has 0 spiro atoms. The molecule has 1 fully saturated rings. The normalized spacial score (nSPS) is 20.0. The molecule has 1 heterocycles. The van der Waals surface area contributed by atoms with Crippen LogP contribution in [0.4, 0.5) is 0 Å². The number of piperidine rings is 1. The molecule has 1 aliphatic rings. The molecule has 0 bridgehead atoms. The topological polar surface area (TPSA) is 41.1 Å². The third kappa shape index (κ3) is 3.30. The fraction of sp³-hybridized carbons (Fsp3) is 0.462. The van der Waals surface area contributed by atoms with E-state index in [1.807, 2.05) is 25.1 Å². The monoisotopic (exact) mass is 296 g/mol. The molecule has 1 aromatic rings. The number of hydrogen-bond donors (Lipinski definition) is 2. The highest BCUT2D eigenvalue weighted by Crippen LogP contribution is 2.16. The smallest absolute Gasteiger partial charge is 0.251 e. The molecule has 2 rings (SSSR count). The van der Waals surface area contributed by atoms with Gasteiger partial charge < -0.3 is 10.6 Å². The van der Waals surface area contributed by atoms with E-state index in [2.05, 4.69) is 26.6 Å². The van der Waals surface area contributed by atoms with E-state index in [9.17, 15) is 4.79 Å². The molecule has 1 amide bonds. The van der Waals surface area contributed by atoms with E-state index in [0.717, 1.165) is 41.5 Å². The predicted octanol–water partition coefficient (Wildman–Crippen LogP) is 2.24. The van der Waals surface area contributed by atoms with Gasteiger partial charge in [0.15, 0.2) is 0 Å². The van der Waals surface area contributed by atoms with Gasteiger partial charge in [-0.05, 0) is 50.1 Å². The van der Waals surface area contributed by atoms with Crippen molar-refractivity contribution < 1.29 is 4.79 Å². The van der Waals surface area contributed by atoms with Gasteiger partial charge in [0, 0.05) is 22.6 Å². The first-order chi connectivity index (χ1) is 8.16. The highest BCUT2D eigenvalue weighted by molar-refractivity contribution is 9.10. The maximum absolute atomic E-state index is 12.1. The van der Waals surface area contributed by atoms with Crippen molar-refractivity contribution in [2.45, 2.75) is 25.8 Å². The Labute approximate surface area is 110 Å². The van der Waals surface area contributed by atoms with Crippen LogP contribution in [-0.4, -0.2) is 25.0 Å². The van der Waals surface area contributed by atoms with Gasteiger partial charge in [-0.2, -0.15) is 0 Å². The van der Waals surface area contributed by atoms with E-state index >= 15 is 0 Å². The summed E-state index contributed by atoms with van der Waals surface area (Å²) in [7, 11) is 0. The number of nitrogens with one attached hydrogen (secondary N) is 2. The molecule has 1 atom stereocenters. The third-order valence-electron chi connectivity index (χ3n) is 3.07. The van der Waals surface area contributed by atoms with Crippen LogP contribution in [0.3, 0.4) is 0 Å². The van der Waals surface area contributed by atoms with Crippen LogP contribution < -0.4 is 10.6 Å². The summed E-state index contributed by atoms with van der Waals surface area (Å²) in [6.07, 6.45) is 2.19. The number of amides is 1. The van der Waals surface area contributed by atoms with Crippen LogP contribution in [0.25, 0.3) is 0 Å². The average molecular weight is 297 g/mol. The Bertz CT molecular complexity index is 414. The van der Waals surface area contributed by atoms with Crippen molar-refractivity contribution in [3.63, 3.8) is 0 Å². The van der Waals surface area contributed by atoms with Crippen molar-refractivity contribution in [3.05, 3.63) is 33.8 Å². The zero-order valence-electron chi connectivity index (χ0n) is 9.92. The third-order valence-corrected chi connectivity index (χ3v) is 3.56. The van der Waals surface area contributed by atoms with Gasteiger partial charge in [0.25, 0.3) is 5.91 Å². The second-order valence-electron chi connectivity index (χ2n) is 4.48. The van der Waals surface area contributed by atoms with Crippen LogP contribution in [0.2, 0.25) is 0 Å². The minimum absolute atomic E-state index is 0.0312.